The van der Waals surface area contributed by atoms with Crippen molar-refractivity contribution in [3.8, 4) is 0 Å². The summed E-state index contributed by atoms with van der Waals surface area (Å²) >= 11 is 0. The van der Waals surface area contributed by atoms with Gasteiger partial charge >= 0.3 is 0 Å². The maximum absolute atomic E-state index is 12.4. The Balaban J connectivity index is 1.68. The van der Waals surface area contributed by atoms with Gasteiger partial charge in [-0.3, -0.25) is 9.78 Å². The van der Waals surface area contributed by atoms with Crippen LogP contribution in [-0.4, -0.2) is 43.0 Å². The fraction of sp³-hybridized carbons (Fsp3) is 0.368. The standard InChI is InChI=1S/C19H23N3O/c1-21(16-7-4-3-5-8-16)12-10-15-13-18-17(9-6-11-20-18)19(23)22(2)14-15/h3-9,11,15H,10,12-14H2,1-2H3. The molecule has 0 saturated heterocycles. The number of carbonyl (C=O) groups is 1. The Labute approximate surface area is 137 Å². The van der Waals surface area contributed by atoms with Crippen molar-refractivity contribution in [2.75, 3.05) is 32.1 Å². The molecule has 2 aromatic rings. The van der Waals surface area contributed by atoms with E-state index in [4.69, 9.17) is 0 Å². The lowest BCUT2D eigenvalue weighted by molar-refractivity contribution is 0.0781. The summed E-state index contributed by atoms with van der Waals surface area (Å²) < 4.78 is 0. The van der Waals surface area contributed by atoms with Crippen molar-refractivity contribution in [2.24, 2.45) is 5.92 Å². The second kappa shape index (κ2) is 6.82. The van der Waals surface area contributed by atoms with Gasteiger partial charge in [-0.25, -0.2) is 0 Å². The Hall–Kier alpha value is -2.36. The fourth-order valence-electron chi connectivity index (χ4n) is 3.19. The van der Waals surface area contributed by atoms with Crippen molar-refractivity contribution in [3.05, 3.63) is 59.9 Å². The number of benzene rings is 1. The Bertz CT molecular complexity index is 671. The number of hydrogen-bond donors (Lipinski definition) is 0. The molecule has 120 valence electrons. The summed E-state index contributed by atoms with van der Waals surface area (Å²) in [5.74, 6) is 0.526. The van der Waals surface area contributed by atoms with Gasteiger partial charge in [0.25, 0.3) is 5.91 Å². The number of aromatic nitrogens is 1. The predicted octanol–water partition coefficient (Wildman–Crippen LogP) is 2.85. The smallest absolute Gasteiger partial charge is 0.255 e. The third-order valence-corrected chi connectivity index (χ3v) is 4.55. The average molecular weight is 309 g/mol. The molecule has 4 nitrogen and oxygen atoms in total. The van der Waals surface area contributed by atoms with Crippen molar-refractivity contribution >= 4 is 11.6 Å². The van der Waals surface area contributed by atoms with E-state index < -0.39 is 0 Å². The van der Waals surface area contributed by atoms with Crippen LogP contribution in [0.15, 0.2) is 48.7 Å². The van der Waals surface area contributed by atoms with E-state index in [-0.39, 0.29) is 5.91 Å². The number of fused-ring (bicyclic) bond motifs is 1. The maximum atomic E-state index is 12.4. The molecular weight excluding hydrogens is 286 g/mol. The number of anilines is 1. The van der Waals surface area contributed by atoms with E-state index in [1.165, 1.54) is 5.69 Å². The van der Waals surface area contributed by atoms with Crippen molar-refractivity contribution in [1.82, 2.24) is 9.88 Å². The van der Waals surface area contributed by atoms with Gasteiger partial charge in [-0.2, -0.15) is 0 Å². The summed E-state index contributed by atoms with van der Waals surface area (Å²) in [5, 5.41) is 0. The molecule has 1 aliphatic heterocycles. The summed E-state index contributed by atoms with van der Waals surface area (Å²) in [6, 6.07) is 14.1. The molecule has 0 fully saturated rings. The van der Waals surface area contributed by atoms with Crippen LogP contribution in [0.2, 0.25) is 0 Å². The van der Waals surface area contributed by atoms with Crippen LogP contribution in [0.25, 0.3) is 0 Å². The molecule has 1 amide bonds. The van der Waals surface area contributed by atoms with Gasteiger partial charge in [0.1, 0.15) is 0 Å². The van der Waals surface area contributed by atoms with E-state index >= 15 is 0 Å². The molecule has 1 aliphatic rings. The van der Waals surface area contributed by atoms with Crippen molar-refractivity contribution in [3.63, 3.8) is 0 Å². The van der Waals surface area contributed by atoms with E-state index in [0.29, 0.717) is 5.92 Å². The van der Waals surface area contributed by atoms with Gasteiger partial charge in [-0.05, 0) is 43.0 Å². The van der Waals surface area contributed by atoms with Gasteiger partial charge in [0.2, 0.25) is 0 Å². The van der Waals surface area contributed by atoms with Gasteiger partial charge in [0, 0.05) is 39.1 Å². The number of para-hydroxylation sites is 1. The van der Waals surface area contributed by atoms with Crippen molar-refractivity contribution < 1.29 is 4.79 Å². The molecule has 1 aromatic heterocycles. The quantitative estimate of drug-likeness (QED) is 0.871. The second-order valence-corrected chi connectivity index (χ2v) is 6.30. The largest absolute Gasteiger partial charge is 0.375 e. The molecule has 1 aromatic carbocycles. The zero-order valence-electron chi connectivity index (χ0n) is 13.8. The first-order valence-corrected chi connectivity index (χ1v) is 8.10. The molecule has 0 bridgehead atoms. The highest BCUT2D eigenvalue weighted by molar-refractivity contribution is 5.95. The average Bonchev–Trinajstić information content (AvgIpc) is 2.71. The number of nitrogens with zero attached hydrogens (tertiary/aromatic N) is 3. The molecule has 23 heavy (non-hydrogen) atoms. The zero-order chi connectivity index (χ0) is 16.2. The first-order valence-electron chi connectivity index (χ1n) is 8.10. The zero-order valence-corrected chi connectivity index (χ0v) is 13.8. The maximum Gasteiger partial charge on any atom is 0.255 e. The van der Waals surface area contributed by atoms with E-state index in [0.717, 1.165) is 37.2 Å². The van der Waals surface area contributed by atoms with E-state index in [1.807, 2.05) is 30.1 Å². The number of amides is 1. The van der Waals surface area contributed by atoms with Gasteiger partial charge in [-0.1, -0.05) is 18.2 Å². The third-order valence-electron chi connectivity index (χ3n) is 4.55. The Morgan fingerprint density at radius 2 is 2.00 bits per heavy atom. The second-order valence-electron chi connectivity index (χ2n) is 6.30. The normalized spacial score (nSPS) is 17.6. The molecule has 1 atom stereocenters. The summed E-state index contributed by atoms with van der Waals surface area (Å²) in [7, 11) is 4.01. The number of rotatable bonds is 4. The highest BCUT2D eigenvalue weighted by atomic mass is 16.2. The van der Waals surface area contributed by atoms with Crippen LogP contribution in [0.5, 0.6) is 0 Å². The summed E-state index contributed by atoms with van der Waals surface area (Å²) in [6.45, 7) is 1.76. The van der Waals surface area contributed by atoms with Crippen LogP contribution in [0.4, 0.5) is 5.69 Å². The monoisotopic (exact) mass is 309 g/mol. The van der Waals surface area contributed by atoms with E-state index in [1.54, 1.807) is 6.20 Å². The molecule has 0 aliphatic carbocycles. The van der Waals surface area contributed by atoms with Gasteiger partial charge in [-0.15, -0.1) is 0 Å². The molecule has 4 heteroatoms. The van der Waals surface area contributed by atoms with Crippen LogP contribution < -0.4 is 4.90 Å². The van der Waals surface area contributed by atoms with Crippen LogP contribution in [0, 0.1) is 5.92 Å². The van der Waals surface area contributed by atoms with Gasteiger partial charge < -0.3 is 9.80 Å². The minimum absolute atomic E-state index is 0.0898. The molecule has 1 unspecified atom stereocenters. The number of hydrogen-bond acceptors (Lipinski definition) is 3. The highest BCUT2D eigenvalue weighted by Crippen LogP contribution is 2.22. The first-order chi connectivity index (χ1) is 11.1. The lowest BCUT2D eigenvalue weighted by Gasteiger charge is -2.24. The van der Waals surface area contributed by atoms with E-state index in [2.05, 4.69) is 41.2 Å². The summed E-state index contributed by atoms with van der Waals surface area (Å²) in [5.41, 5.74) is 2.92. The number of carbonyl (C=O) groups excluding carboxylic acids is 1. The summed E-state index contributed by atoms with van der Waals surface area (Å²) in [6.07, 6.45) is 3.69. The predicted molar refractivity (Wildman–Crippen MR) is 92.7 cm³/mol. The molecule has 2 heterocycles. The first kappa shape index (κ1) is 15.5. The Morgan fingerprint density at radius 3 is 2.78 bits per heavy atom. The third kappa shape index (κ3) is 3.52. The number of pyridine rings is 1. The molecule has 0 N–H and O–H groups in total. The highest BCUT2D eigenvalue weighted by Gasteiger charge is 2.26. The molecule has 0 saturated carbocycles. The SMILES string of the molecule is CN1CC(CCN(C)c2ccccc2)Cc2ncccc2C1=O. The van der Waals surface area contributed by atoms with Crippen LogP contribution in [0.3, 0.4) is 0 Å². The minimum atomic E-state index is 0.0898. The van der Waals surface area contributed by atoms with E-state index in [9.17, 15) is 4.79 Å². The Morgan fingerprint density at radius 1 is 1.22 bits per heavy atom. The van der Waals surface area contributed by atoms with Crippen molar-refractivity contribution in [2.45, 2.75) is 12.8 Å². The lowest BCUT2D eigenvalue weighted by Crippen LogP contribution is -2.31. The molecule has 0 spiro atoms. The molecule has 3 rings (SSSR count). The fourth-order valence-corrected chi connectivity index (χ4v) is 3.19. The minimum Gasteiger partial charge on any atom is -0.375 e. The summed E-state index contributed by atoms with van der Waals surface area (Å²) in [4.78, 5) is 21.0. The molecule has 0 radical (unpaired) electrons. The lowest BCUT2D eigenvalue weighted by atomic mass is 9.98. The van der Waals surface area contributed by atoms with Gasteiger partial charge in [0.15, 0.2) is 0 Å². The topological polar surface area (TPSA) is 36.4 Å². The molecular formula is C19H23N3O. The van der Waals surface area contributed by atoms with Gasteiger partial charge in [0.05, 0.1) is 11.3 Å². The van der Waals surface area contributed by atoms with Crippen LogP contribution >= 0.6 is 0 Å². The van der Waals surface area contributed by atoms with Crippen LogP contribution in [0.1, 0.15) is 22.5 Å². The van der Waals surface area contributed by atoms with Crippen molar-refractivity contribution in [1.29, 1.82) is 0 Å². The van der Waals surface area contributed by atoms with Crippen LogP contribution in [-0.2, 0) is 6.42 Å². The Kier molecular flexibility index (Phi) is 4.60.